The highest BCUT2D eigenvalue weighted by Gasteiger charge is 2.07. The van der Waals surface area contributed by atoms with Crippen LogP contribution in [0.3, 0.4) is 0 Å². The number of hydrogen-bond acceptors (Lipinski definition) is 2. The maximum atomic E-state index is 13.2. The summed E-state index contributed by atoms with van der Waals surface area (Å²) in [6.07, 6.45) is 0. The molecule has 0 aliphatic rings. The predicted molar refractivity (Wildman–Crippen MR) is 52.2 cm³/mol. The molecule has 5 heteroatoms. The second-order valence-corrected chi connectivity index (χ2v) is 3.49. The first kappa shape index (κ1) is 8.84. The number of fused-ring (bicyclic) bond motifs is 1. The van der Waals surface area contributed by atoms with Crippen LogP contribution in [-0.4, -0.2) is 9.97 Å². The molecule has 13 heavy (non-hydrogen) atoms. The van der Waals surface area contributed by atoms with E-state index in [0.29, 0.717) is 5.39 Å². The summed E-state index contributed by atoms with van der Waals surface area (Å²) in [5.41, 5.74) is 0.231. The van der Waals surface area contributed by atoms with E-state index in [-0.39, 0.29) is 15.4 Å². The fourth-order valence-corrected chi connectivity index (χ4v) is 1.74. The van der Waals surface area contributed by atoms with Gasteiger partial charge in [-0.3, -0.25) is 0 Å². The van der Waals surface area contributed by atoms with Gasteiger partial charge in [0.25, 0.3) is 0 Å². The fraction of sp³-hybridized carbons (Fsp3) is 0. The van der Waals surface area contributed by atoms with Crippen LogP contribution in [0.2, 0.25) is 5.15 Å². The molecule has 1 heterocycles. The standard InChI is InChI=1S/C8H3BrClFN2/c9-8-12-6-4(7(10)13-8)2-1-3-5(6)11/h1-3H. The summed E-state index contributed by atoms with van der Waals surface area (Å²) in [5, 5.41) is 0.765. The van der Waals surface area contributed by atoms with Gasteiger partial charge in [0.05, 0.1) is 0 Å². The SMILES string of the molecule is Fc1cccc2c(Cl)nc(Br)nc12. The molecule has 0 atom stereocenters. The molecule has 2 aromatic rings. The average molecular weight is 261 g/mol. The molecule has 0 N–H and O–H groups in total. The average Bonchev–Trinajstić information content (AvgIpc) is 2.07. The molecule has 2 rings (SSSR count). The minimum atomic E-state index is -0.400. The van der Waals surface area contributed by atoms with Crippen LogP contribution in [0.15, 0.2) is 22.9 Å². The van der Waals surface area contributed by atoms with Gasteiger partial charge in [-0.25, -0.2) is 14.4 Å². The highest BCUT2D eigenvalue weighted by Crippen LogP contribution is 2.23. The first-order valence-electron chi connectivity index (χ1n) is 3.46. The first-order valence-corrected chi connectivity index (χ1v) is 4.63. The minimum absolute atomic E-state index is 0.231. The lowest BCUT2D eigenvalue weighted by Crippen LogP contribution is -1.89. The Labute approximate surface area is 86.9 Å². The predicted octanol–water partition coefficient (Wildman–Crippen LogP) is 3.18. The molecule has 0 spiro atoms. The van der Waals surface area contributed by atoms with Gasteiger partial charge in [-0.05, 0) is 28.1 Å². The Hall–Kier alpha value is -0.740. The van der Waals surface area contributed by atoms with Crippen LogP contribution in [0.25, 0.3) is 10.9 Å². The smallest absolute Gasteiger partial charge is 0.198 e. The van der Waals surface area contributed by atoms with E-state index < -0.39 is 5.82 Å². The molecule has 0 saturated heterocycles. The monoisotopic (exact) mass is 260 g/mol. The van der Waals surface area contributed by atoms with E-state index in [4.69, 9.17) is 11.6 Å². The van der Waals surface area contributed by atoms with Crippen LogP contribution in [0, 0.1) is 5.82 Å². The Balaban J connectivity index is 2.94. The largest absolute Gasteiger partial charge is 0.219 e. The van der Waals surface area contributed by atoms with Crippen LogP contribution >= 0.6 is 27.5 Å². The van der Waals surface area contributed by atoms with Crippen LogP contribution in [-0.2, 0) is 0 Å². The summed E-state index contributed by atoms with van der Waals surface area (Å²) in [5.74, 6) is -0.400. The van der Waals surface area contributed by atoms with Crippen molar-refractivity contribution in [3.05, 3.63) is 33.9 Å². The fourth-order valence-electron chi connectivity index (χ4n) is 1.05. The third-order valence-corrected chi connectivity index (χ3v) is 2.25. The molecular formula is C8H3BrClFN2. The Bertz CT molecular complexity index is 475. The maximum Gasteiger partial charge on any atom is 0.198 e. The van der Waals surface area contributed by atoms with Crippen molar-refractivity contribution in [1.29, 1.82) is 0 Å². The summed E-state index contributed by atoms with van der Waals surface area (Å²) >= 11 is 8.83. The van der Waals surface area contributed by atoms with Crippen LogP contribution in [0.1, 0.15) is 0 Å². The summed E-state index contributed by atoms with van der Waals surface area (Å²) in [7, 11) is 0. The van der Waals surface area contributed by atoms with Crippen molar-refractivity contribution < 1.29 is 4.39 Å². The van der Waals surface area contributed by atoms with Crippen molar-refractivity contribution in [2.75, 3.05) is 0 Å². The number of benzene rings is 1. The second kappa shape index (κ2) is 3.20. The normalized spacial score (nSPS) is 10.7. The van der Waals surface area contributed by atoms with Gasteiger partial charge < -0.3 is 0 Å². The van der Waals surface area contributed by atoms with Crippen molar-refractivity contribution in [2.45, 2.75) is 0 Å². The molecular weight excluding hydrogens is 258 g/mol. The van der Waals surface area contributed by atoms with E-state index in [1.807, 2.05) is 0 Å². The topological polar surface area (TPSA) is 25.8 Å². The van der Waals surface area contributed by atoms with Crippen molar-refractivity contribution in [3.63, 3.8) is 0 Å². The van der Waals surface area contributed by atoms with Crippen molar-refractivity contribution >= 4 is 38.4 Å². The quantitative estimate of drug-likeness (QED) is 0.538. The van der Waals surface area contributed by atoms with Gasteiger partial charge in [0.1, 0.15) is 16.5 Å². The van der Waals surface area contributed by atoms with E-state index in [1.165, 1.54) is 6.07 Å². The lowest BCUT2D eigenvalue weighted by molar-refractivity contribution is 0.636. The number of rotatable bonds is 0. The van der Waals surface area contributed by atoms with Gasteiger partial charge in [0.15, 0.2) is 4.73 Å². The molecule has 66 valence electrons. The zero-order valence-corrected chi connectivity index (χ0v) is 8.60. The third-order valence-electron chi connectivity index (χ3n) is 1.60. The molecule has 0 radical (unpaired) electrons. The van der Waals surface area contributed by atoms with Gasteiger partial charge in [0.2, 0.25) is 0 Å². The van der Waals surface area contributed by atoms with Gasteiger partial charge in [-0.2, -0.15) is 0 Å². The zero-order chi connectivity index (χ0) is 9.42. The van der Waals surface area contributed by atoms with Crippen LogP contribution < -0.4 is 0 Å². The zero-order valence-electron chi connectivity index (χ0n) is 6.26. The molecule has 2 nitrogen and oxygen atoms in total. The number of nitrogens with zero attached hydrogens (tertiary/aromatic N) is 2. The van der Waals surface area contributed by atoms with Gasteiger partial charge in [-0.1, -0.05) is 17.7 Å². The first-order chi connectivity index (χ1) is 6.18. The second-order valence-electron chi connectivity index (χ2n) is 2.42. The van der Waals surface area contributed by atoms with Gasteiger partial charge in [0, 0.05) is 5.39 Å². The highest BCUT2D eigenvalue weighted by molar-refractivity contribution is 9.10. The summed E-state index contributed by atoms with van der Waals surface area (Å²) < 4.78 is 13.5. The Morgan fingerprint density at radius 1 is 1.31 bits per heavy atom. The summed E-state index contributed by atoms with van der Waals surface area (Å²) in [6, 6.07) is 4.58. The molecule has 0 aliphatic heterocycles. The van der Waals surface area contributed by atoms with E-state index in [0.717, 1.165) is 0 Å². The number of hydrogen-bond donors (Lipinski definition) is 0. The van der Waals surface area contributed by atoms with Gasteiger partial charge in [-0.15, -0.1) is 0 Å². The summed E-state index contributed by atoms with van der Waals surface area (Å²) in [4.78, 5) is 7.73. The Kier molecular flexibility index (Phi) is 2.17. The summed E-state index contributed by atoms with van der Waals surface area (Å²) in [6.45, 7) is 0. The third kappa shape index (κ3) is 1.51. The van der Waals surface area contributed by atoms with Crippen molar-refractivity contribution in [1.82, 2.24) is 9.97 Å². The van der Waals surface area contributed by atoms with E-state index >= 15 is 0 Å². The Morgan fingerprint density at radius 3 is 2.85 bits per heavy atom. The molecule has 1 aromatic carbocycles. The van der Waals surface area contributed by atoms with E-state index in [9.17, 15) is 4.39 Å². The highest BCUT2D eigenvalue weighted by atomic mass is 79.9. The molecule has 0 amide bonds. The molecule has 1 aromatic heterocycles. The van der Waals surface area contributed by atoms with Crippen LogP contribution in [0.5, 0.6) is 0 Å². The van der Waals surface area contributed by atoms with Crippen LogP contribution in [0.4, 0.5) is 4.39 Å². The van der Waals surface area contributed by atoms with E-state index in [1.54, 1.807) is 12.1 Å². The molecule has 0 unspecified atom stereocenters. The van der Waals surface area contributed by atoms with E-state index in [2.05, 4.69) is 25.9 Å². The molecule has 0 fully saturated rings. The number of para-hydroxylation sites is 1. The van der Waals surface area contributed by atoms with Crippen molar-refractivity contribution in [2.24, 2.45) is 0 Å². The number of halogens is 3. The minimum Gasteiger partial charge on any atom is -0.219 e. The van der Waals surface area contributed by atoms with Crippen molar-refractivity contribution in [3.8, 4) is 0 Å². The van der Waals surface area contributed by atoms with Gasteiger partial charge >= 0.3 is 0 Å². The molecule has 0 aliphatic carbocycles. The maximum absolute atomic E-state index is 13.2. The molecule has 0 saturated carbocycles. The lowest BCUT2D eigenvalue weighted by atomic mass is 10.2. The number of aromatic nitrogens is 2. The Morgan fingerprint density at radius 2 is 2.08 bits per heavy atom. The lowest BCUT2D eigenvalue weighted by Gasteiger charge is -2.00. The molecule has 0 bridgehead atoms.